The normalized spacial score (nSPS) is 15.7. The van der Waals surface area contributed by atoms with E-state index in [1.165, 1.54) is 0 Å². The Morgan fingerprint density at radius 2 is 1.88 bits per heavy atom. The van der Waals surface area contributed by atoms with Crippen molar-refractivity contribution in [2.45, 2.75) is 25.5 Å². The van der Waals surface area contributed by atoms with Crippen molar-refractivity contribution in [3.63, 3.8) is 0 Å². The average molecular weight is 429 g/mol. The van der Waals surface area contributed by atoms with Gasteiger partial charge in [-0.3, -0.25) is 4.79 Å². The summed E-state index contributed by atoms with van der Waals surface area (Å²) in [6.07, 6.45) is 3.58. The van der Waals surface area contributed by atoms with Crippen molar-refractivity contribution in [1.82, 2.24) is 15.0 Å². The number of carbonyl (C=O) groups excluding carboxylic acids is 1. The standard InChI is InChI=1S/C25H23N3O4/c29-25(28(16-19-10-6-14-30-19)17-20-11-7-15-31-20)22-13-5-4-12-21(22)24-26-23(27-32-24)18-8-2-1-3-9-18/h1-6,8-10,12-14,20H,7,11,15-17H2. The van der Waals surface area contributed by atoms with Crippen LogP contribution in [0.15, 0.2) is 81.9 Å². The van der Waals surface area contributed by atoms with Gasteiger partial charge in [-0.25, -0.2) is 0 Å². The molecule has 0 aliphatic carbocycles. The van der Waals surface area contributed by atoms with Crippen LogP contribution in [0, 0.1) is 0 Å². The second-order valence-electron chi connectivity index (χ2n) is 7.73. The molecule has 1 atom stereocenters. The number of hydrogen-bond donors (Lipinski definition) is 0. The third-order valence-corrected chi connectivity index (χ3v) is 5.51. The molecule has 3 heterocycles. The molecule has 1 fully saturated rings. The maximum atomic E-state index is 13.7. The minimum Gasteiger partial charge on any atom is -0.467 e. The zero-order chi connectivity index (χ0) is 21.8. The van der Waals surface area contributed by atoms with Gasteiger partial charge in [0.25, 0.3) is 11.8 Å². The molecule has 1 aliphatic rings. The lowest BCUT2D eigenvalue weighted by atomic mass is 10.1. The second-order valence-corrected chi connectivity index (χ2v) is 7.73. The Bertz CT molecular complexity index is 1160. The summed E-state index contributed by atoms with van der Waals surface area (Å²) >= 11 is 0. The molecular formula is C25H23N3O4. The fourth-order valence-corrected chi connectivity index (χ4v) is 3.91. The summed E-state index contributed by atoms with van der Waals surface area (Å²) in [6.45, 7) is 1.58. The fraction of sp³-hybridized carbons (Fsp3) is 0.240. The molecule has 0 bridgehead atoms. The predicted molar refractivity (Wildman–Crippen MR) is 118 cm³/mol. The van der Waals surface area contributed by atoms with Crippen molar-refractivity contribution in [2.75, 3.05) is 13.2 Å². The number of nitrogens with zero attached hydrogens (tertiary/aromatic N) is 3. The van der Waals surface area contributed by atoms with E-state index >= 15 is 0 Å². The molecule has 7 heteroatoms. The number of ether oxygens (including phenoxy) is 1. The van der Waals surface area contributed by atoms with E-state index in [2.05, 4.69) is 10.1 Å². The maximum Gasteiger partial charge on any atom is 0.259 e. The monoisotopic (exact) mass is 429 g/mol. The lowest BCUT2D eigenvalue weighted by Crippen LogP contribution is -2.37. The van der Waals surface area contributed by atoms with Gasteiger partial charge in [0.05, 0.1) is 30.0 Å². The molecule has 1 saturated heterocycles. The Kier molecular flexibility index (Phi) is 5.81. The second kappa shape index (κ2) is 9.20. The quantitative estimate of drug-likeness (QED) is 0.419. The molecule has 162 valence electrons. The van der Waals surface area contributed by atoms with E-state index in [4.69, 9.17) is 13.7 Å². The van der Waals surface area contributed by atoms with Gasteiger partial charge >= 0.3 is 0 Å². The van der Waals surface area contributed by atoms with E-state index in [1.54, 1.807) is 17.2 Å². The molecule has 32 heavy (non-hydrogen) atoms. The summed E-state index contributed by atoms with van der Waals surface area (Å²) < 4.78 is 16.8. The summed E-state index contributed by atoms with van der Waals surface area (Å²) in [6, 6.07) is 20.6. The summed E-state index contributed by atoms with van der Waals surface area (Å²) in [4.78, 5) is 20.0. The Balaban J connectivity index is 1.45. The predicted octanol–water partition coefficient (Wildman–Crippen LogP) is 4.82. The van der Waals surface area contributed by atoms with Gasteiger partial charge in [0, 0.05) is 18.7 Å². The Morgan fingerprint density at radius 1 is 1.03 bits per heavy atom. The Morgan fingerprint density at radius 3 is 2.66 bits per heavy atom. The van der Waals surface area contributed by atoms with E-state index in [0.29, 0.717) is 35.9 Å². The van der Waals surface area contributed by atoms with Gasteiger partial charge in [-0.1, -0.05) is 47.6 Å². The van der Waals surface area contributed by atoms with Crippen LogP contribution in [-0.4, -0.2) is 40.2 Å². The highest BCUT2D eigenvalue weighted by Gasteiger charge is 2.27. The third-order valence-electron chi connectivity index (χ3n) is 5.51. The SMILES string of the molecule is O=C(c1ccccc1-c1nc(-c2ccccc2)no1)N(Cc1ccco1)CC1CCCO1. The van der Waals surface area contributed by atoms with Gasteiger partial charge in [0.1, 0.15) is 5.76 Å². The molecule has 2 aromatic carbocycles. The number of rotatable bonds is 7. The van der Waals surface area contributed by atoms with Crippen LogP contribution in [0.3, 0.4) is 0 Å². The van der Waals surface area contributed by atoms with Gasteiger partial charge in [-0.15, -0.1) is 0 Å². The summed E-state index contributed by atoms with van der Waals surface area (Å²) in [5.41, 5.74) is 1.95. The minimum atomic E-state index is -0.132. The molecule has 5 rings (SSSR count). The lowest BCUT2D eigenvalue weighted by Gasteiger charge is -2.25. The summed E-state index contributed by atoms with van der Waals surface area (Å²) in [7, 11) is 0. The van der Waals surface area contributed by atoms with Crippen LogP contribution < -0.4 is 0 Å². The van der Waals surface area contributed by atoms with Crippen molar-refractivity contribution in [3.8, 4) is 22.8 Å². The van der Waals surface area contributed by atoms with Gasteiger partial charge in [-0.05, 0) is 37.1 Å². The molecule has 1 amide bonds. The first-order valence-corrected chi connectivity index (χ1v) is 10.7. The lowest BCUT2D eigenvalue weighted by molar-refractivity contribution is 0.0492. The number of benzene rings is 2. The van der Waals surface area contributed by atoms with E-state index in [0.717, 1.165) is 30.8 Å². The highest BCUT2D eigenvalue weighted by atomic mass is 16.5. The number of aromatic nitrogens is 2. The van der Waals surface area contributed by atoms with Gasteiger partial charge in [0.15, 0.2) is 0 Å². The van der Waals surface area contributed by atoms with Crippen LogP contribution in [0.5, 0.6) is 0 Å². The van der Waals surface area contributed by atoms with Crippen LogP contribution in [-0.2, 0) is 11.3 Å². The smallest absolute Gasteiger partial charge is 0.259 e. The number of hydrogen-bond acceptors (Lipinski definition) is 6. The molecule has 0 radical (unpaired) electrons. The van der Waals surface area contributed by atoms with Gasteiger partial charge < -0.3 is 18.6 Å². The van der Waals surface area contributed by atoms with Crippen molar-refractivity contribution < 1.29 is 18.5 Å². The van der Waals surface area contributed by atoms with Crippen LogP contribution in [0.4, 0.5) is 0 Å². The Labute approximate surface area is 185 Å². The van der Waals surface area contributed by atoms with Gasteiger partial charge in [-0.2, -0.15) is 4.98 Å². The van der Waals surface area contributed by atoms with Crippen LogP contribution in [0.1, 0.15) is 29.0 Å². The van der Waals surface area contributed by atoms with E-state index in [-0.39, 0.29) is 12.0 Å². The maximum absolute atomic E-state index is 13.7. The highest BCUT2D eigenvalue weighted by molar-refractivity contribution is 6.00. The molecule has 1 aliphatic heterocycles. The van der Waals surface area contributed by atoms with Crippen molar-refractivity contribution >= 4 is 5.91 Å². The van der Waals surface area contributed by atoms with Crippen LogP contribution in [0.25, 0.3) is 22.8 Å². The minimum absolute atomic E-state index is 0.0224. The van der Waals surface area contributed by atoms with Crippen LogP contribution >= 0.6 is 0 Å². The molecule has 0 saturated carbocycles. The van der Waals surface area contributed by atoms with Crippen LogP contribution in [0.2, 0.25) is 0 Å². The molecule has 0 N–H and O–H groups in total. The molecule has 0 spiro atoms. The van der Waals surface area contributed by atoms with Crippen molar-refractivity contribution in [1.29, 1.82) is 0 Å². The first-order valence-electron chi connectivity index (χ1n) is 10.7. The summed E-state index contributed by atoms with van der Waals surface area (Å²) in [5, 5.41) is 4.11. The molecule has 7 nitrogen and oxygen atoms in total. The van der Waals surface area contributed by atoms with E-state index in [1.807, 2.05) is 60.7 Å². The van der Waals surface area contributed by atoms with E-state index < -0.39 is 0 Å². The number of amides is 1. The van der Waals surface area contributed by atoms with E-state index in [9.17, 15) is 4.79 Å². The Hall–Kier alpha value is -3.71. The van der Waals surface area contributed by atoms with Crippen molar-refractivity contribution in [2.24, 2.45) is 0 Å². The highest BCUT2D eigenvalue weighted by Crippen LogP contribution is 2.27. The largest absolute Gasteiger partial charge is 0.467 e. The first kappa shape index (κ1) is 20.2. The zero-order valence-corrected chi connectivity index (χ0v) is 17.5. The van der Waals surface area contributed by atoms with Crippen molar-refractivity contribution in [3.05, 3.63) is 84.3 Å². The fourth-order valence-electron chi connectivity index (χ4n) is 3.91. The zero-order valence-electron chi connectivity index (χ0n) is 17.5. The molecule has 2 aromatic heterocycles. The number of carbonyl (C=O) groups is 1. The average Bonchev–Trinajstić information content (AvgIpc) is 3.62. The first-order chi connectivity index (χ1) is 15.8. The third kappa shape index (κ3) is 4.33. The molecular weight excluding hydrogens is 406 g/mol. The van der Waals surface area contributed by atoms with Gasteiger partial charge in [0.2, 0.25) is 5.82 Å². The molecule has 1 unspecified atom stereocenters. The molecule has 4 aromatic rings. The topological polar surface area (TPSA) is 81.6 Å². The number of furan rings is 1. The summed E-state index contributed by atoms with van der Waals surface area (Å²) in [5.74, 6) is 1.38.